The Hall–Kier alpha value is -3.46. The van der Waals surface area contributed by atoms with E-state index in [1.807, 2.05) is 0 Å². The summed E-state index contributed by atoms with van der Waals surface area (Å²) in [5.74, 6) is -5.71. The lowest BCUT2D eigenvalue weighted by Crippen LogP contribution is -2.29. The van der Waals surface area contributed by atoms with E-state index < -0.39 is 45.9 Å². The second-order valence-electron chi connectivity index (χ2n) is 7.79. The van der Waals surface area contributed by atoms with Crippen molar-refractivity contribution in [3.8, 4) is 11.1 Å². The third kappa shape index (κ3) is 4.68. The van der Waals surface area contributed by atoms with Crippen molar-refractivity contribution in [2.45, 2.75) is 25.3 Å². The number of carbonyl (C=O) groups excluding carboxylic acids is 1. The molecule has 4 rings (SSSR count). The predicted molar refractivity (Wildman–Crippen MR) is 118 cm³/mol. The van der Waals surface area contributed by atoms with Gasteiger partial charge in [-0.1, -0.05) is 6.07 Å². The summed E-state index contributed by atoms with van der Waals surface area (Å²) in [7, 11) is 0. The molecule has 172 valence electrons. The van der Waals surface area contributed by atoms with Crippen LogP contribution in [0.1, 0.15) is 29.6 Å². The van der Waals surface area contributed by atoms with E-state index in [4.69, 9.17) is 5.73 Å². The van der Waals surface area contributed by atoms with Crippen LogP contribution in [0.3, 0.4) is 0 Å². The zero-order valence-corrected chi connectivity index (χ0v) is 17.6. The van der Waals surface area contributed by atoms with E-state index in [0.717, 1.165) is 49.6 Å². The molecule has 3 aromatic rings. The van der Waals surface area contributed by atoms with Gasteiger partial charge >= 0.3 is 0 Å². The first-order chi connectivity index (χ1) is 15.9. The van der Waals surface area contributed by atoms with Crippen LogP contribution >= 0.6 is 0 Å². The molecule has 0 aliphatic heterocycles. The summed E-state index contributed by atoms with van der Waals surface area (Å²) >= 11 is 0. The zero-order chi connectivity index (χ0) is 23.5. The highest BCUT2D eigenvalue weighted by Gasteiger charge is 2.31. The van der Waals surface area contributed by atoms with Crippen LogP contribution in [-0.2, 0) is 0 Å². The lowest BCUT2D eigenvalue weighted by atomic mass is 9.99. The van der Waals surface area contributed by atoms with Crippen molar-refractivity contribution in [2.75, 3.05) is 23.3 Å². The number of anilines is 2. The van der Waals surface area contributed by atoms with E-state index in [1.54, 1.807) is 12.3 Å². The third-order valence-electron chi connectivity index (χ3n) is 5.49. The molecule has 1 heterocycles. The molecule has 33 heavy (non-hydrogen) atoms. The normalized spacial score (nSPS) is 13.1. The molecule has 0 atom stereocenters. The molecule has 1 saturated carbocycles. The van der Waals surface area contributed by atoms with Gasteiger partial charge in [0.25, 0.3) is 5.91 Å². The first-order valence-corrected chi connectivity index (χ1v) is 10.6. The highest BCUT2D eigenvalue weighted by atomic mass is 19.1. The van der Waals surface area contributed by atoms with Crippen LogP contribution in [0.25, 0.3) is 11.1 Å². The van der Waals surface area contributed by atoms with E-state index in [-0.39, 0.29) is 0 Å². The summed E-state index contributed by atoms with van der Waals surface area (Å²) in [6.45, 7) is 1.18. The summed E-state index contributed by atoms with van der Waals surface area (Å²) in [4.78, 5) is 19.1. The zero-order valence-electron chi connectivity index (χ0n) is 17.6. The summed E-state index contributed by atoms with van der Waals surface area (Å²) in [5.41, 5.74) is 4.34. The fourth-order valence-corrected chi connectivity index (χ4v) is 3.76. The largest absolute Gasteiger partial charge is 0.367 e. The lowest BCUT2D eigenvalue weighted by molar-refractivity contribution is 0.102. The maximum Gasteiger partial charge on any atom is 0.258 e. The van der Waals surface area contributed by atoms with Crippen LogP contribution in [0.4, 0.5) is 28.9 Å². The molecule has 1 fully saturated rings. The second-order valence-corrected chi connectivity index (χ2v) is 7.79. The number of carbonyl (C=O) groups is 1. The van der Waals surface area contributed by atoms with Gasteiger partial charge in [0.1, 0.15) is 23.3 Å². The van der Waals surface area contributed by atoms with Gasteiger partial charge in [-0.3, -0.25) is 9.78 Å². The average Bonchev–Trinajstić information content (AvgIpc) is 3.62. The molecule has 0 spiro atoms. The van der Waals surface area contributed by atoms with E-state index >= 15 is 4.39 Å². The number of hydrogen-bond acceptors (Lipinski definition) is 4. The quantitative estimate of drug-likeness (QED) is 0.473. The van der Waals surface area contributed by atoms with E-state index in [2.05, 4.69) is 15.2 Å². The Morgan fingerprint density at radius 1 is 1.03 bits per heavy atom. The molecule has 0 saturated heterocycles. The summed E-state index contributed by atoms with van der Waals surface area (Å²) in [5, 5.41) is 2.61. The summed E-state index contributed by atoms with van der Waals surface area (Å²) in [6.07, 6.45) is 5.77. The third-order valence-corrected chi connectivity index (χ3v) is 5.49. The monoisotopic (exact) mass is 458 g/mol. The number of hydrogen-bond donors (Lipinski definition) is 2. The number of halogens is 4. The SMILES string of the molecule is NCCCN(c1ccncc1NC(=O)c1ccc(F)c(-c2c(F)cccc2F)c1F)C1CC1. The van der Waals surface area contributed by atoms with Crippen LogP contribution in [-0.4, -0.2) is 30.0 Å². The standard InChI is InChI=1S/C24H22F4N4O/c25-16-3-1-4-17(26)21(16)22-18(27)8-7-15(23(22)28)24(33)31-19-13-30-11-9-20(19)32(12-2-10-29)14-5-6-14/h1,3-4,7-9,11,13-14H,2,5-6,10,12,29H2,(H,31,33). The van der Waals surface area contributed by atoms with Gasteiger partial charge in [-0.2, -0.15) is 0 Å². The number of benzene rings is 2. The molecule has 5 nitrogen and oxygen atoms in total. The molecule has 1 aromatic heterocycles. The number of amides is 1. The van der Waals surface area contributed by atoms with Crippen LogP contribution in [0.2, 0.25) is 0 Å². The van der Waals surface area contributed by atoms with E-state index in [9.17, 15) is 18.0 Å². The fraction of sp³-hybridized carbons (Fsp3) is 0.250. The van der Waals surface area contributed by atoms with E-state index in [1.165, 1.54) is 6.20 Å². The Morgan fingerprint density at radius 3 is 2.39 bits per heavy atom. The molecule has 1 amide bonds. The number of nitrogens with one attached hydrogen (secondary N) is 1. The minimum Gasteiger partial charge on any atom is -0.367 e. The molecule has 0 bridgehead atoms. The van der Waals surface area contributed by atoms with Gasteiger partial charge in [0, 0.05) is 18.8 Å². The lowest BCUT2D eigenvalue weighted by Gasteiger charge is -2.26. The number of aromatic nitrogens is 1. The molecular weight excluding hydrogens is 436 g/mol. The van der Waals surface area contributed by atoms with Crippen molar-refractivity contribution in [3.63, 3.8) is 0 Å². The van der Waals surface area contributed by atoms with Crippen molar-refractivity contribution >= 4 is 17.3 Å². The molecule has 9 heteroatoms. The number of rotatable bonds is 8. The first-order valence-electron chi connectivity index (χ1n) is 10.6. The van der Waals surface area contributed by atoms with Gasteiger partial charge in [-0.25, -0.2) is 17.6 Å². The summed E-state index contributed by atoms with van der Waals surface area (Å²) in [6, 6.07) is 6.66. The molecule has 0 unspecified atom stereocenters. The average molecular weight is 458 g/mol. The maximum absolute atomic E-state index is 15.2. The van der Waals surface area contributed by atoms with Crippen LogP contribution in [0.5, 0.6) is 0 Å². The Balaban J connectivity index is 1.69. The topological polar surface area (TPSA) is 71.2 Å². The van der Waals surface area contributed by atoms with Gasteiger partial charge in [0.2, 0.25) is 0 Å². The van der Waals surface area contributed by atoms with Crippen molar-refractivity contribution in [1.29, 1.82) is 0 Å². The molecular formula is C24H22F4N4O. The number of pyridine rings is 1. The summed E-state index contributed by atoms with van der Waals surface area (Å²) < 4.78 is 58.0. The Bertz CT molecular complexity index is 1160. The minimum absolute atomic E-state index is 0.313. The molecule has 1 aliphatic carbocycles. The van der Waals surface area contributed by atoms with Crippen molar-refractivity contribution < 1.29 is 22.4 Å². The smallest absolute Gasteiger partial charge is 0.258 e. The Morgan fingerprint density at radius 2 is 1.73 bits per heavy atom. The second kappa shape index (κ2) is 9.58. The van der Waals surface area contributed by atoms with Gasteiger partial charge in [0.15, 0.2) is 0 Å². The highest BCUT2D eigenvalue weighted by molar-refractivity contribution is 6.06. The van der Waals surface area contributed by atoms with Gasteiger partial charge in [0.05, 0.1) is 34.3 Å². The van der Waals surface area contributed by atoms with Gasteiger partial charge in [-0.15, -0.1) is 0 Å². The van der Waals surface area contributed by atoms with Crippen molar-refractivity contribution in [2.24, 2.45) is 5.73 Å². The maximum atomic E-state index is 15.2. The van der Waals surface area contributed by atoms with Gasteiger partial charge < -0.3 is 16.0 Å². The fourth-order valence-electron chi connectivity index (χ4n) is 3.76. The van der Waals surface area contributed by atoms with Crippen molar-refractivity contribution in [1.82, 2.24) is 4.98 Å². The van der Waals surface area contributed by atoms with Crippen LogP contribution in [0, 0.1) is 23.3 Å². The van der Waals surface area contributed by atoms with Crippen LogP contribution in [0.15, 0.2) is 48.8 Å². The molecule has 3 N–H and O–H groups in total. The molecule has 2 aromatic carbocycles. The minimum atomic E-state index is -1.36. The molecule has 0 radical (unpaired) electrons. The number of nitrogens with two attached hydrogens (primary N) is 1. The van der Waals surface area contributed by atoms with Gasteiger partial charge in [-0.05, 0) is 56.1 Å². The highest BCUT2D eigenvalue weighted by Crippen LogP contribution is 2.36. The van der Waals surface area contributed by atoms with Crippen LogP contribution < -0.4 is 16.0 Å². The van der Waals surface area contributed by atoms with E-state index in [0.29, 0.717) is 30.5 Å². The first kappa shape index (κ1) is 22.7. The Kier molecular flexibility index (Phi) is 6.60. The van der Waals surface area contributed by atoms with Crippen molar-refractivity contribution in [3.05, 3.63) is 77.6 Å². The molecule has 1 aliphatic rings. The number of nitrogens with zero attached hydrogens (tertiary/aromatic N) is 2. The Labute approximate surface area is 188 Å². The predicted octanol–water partition coefficient (Wildman–Crippen LogP) is 4.87.